The van der Waals surface area contributed by atoms with Crippen molar-refractivity contribution in [1.29, 1.82) is 0 Å². The fourth-order valence-corrected chi connectivity index (χ4v) is 3.65. The van der Waals surface area contributed by atoms with Gasteiger partial charge in [-0.2, -0.15) is 0 Å². The second-order valence-corrected chi connectivity index (χ2v) is 7.12. The maximum absolute atomic E-state index is 12.8. The number of carbonyl (C=O) groups is 1. The Bertz CT molecular complexity index is 1230. The monoisotopic (exact) mass is 399 g/mol. The highest BCUT2D eigenvalue weighted by Gasteiger charge is 2.17. The van der Waals surface area contributed by atoms with Crippen LogP contribution >= 0.6 is 0 Å². The van der Waals surface area contributed by atoms with E-state index in [2.05, 4.69) is 46.8 Å². The molecule has 1 aromatic heterocycles. The van der Waals surface area contributed by atoms with Gasteiger partial charge in [0.25, 0.3) is 0 Å². The minimum absolute atomic E-state index is 0.195. The van der Waals surface area contributed by atoms with E-state index in [-0.39, 0.29) is 12.8 Å². The van der Waals surface area contributed by atoms with Crippen molar-refractivity contribution in [3.8, 4) is 22.8 Å². The summed E-state index contributed by atoms with van der Waals surface area (Å²) in [4.78, 5) is 16.2. The molecule has 2 heterocycles. The molecule has 0 spiro atoms. The number of para-hydroxylation sites is 1. The van der Waals surface area contributed by atoms with Crippen LogP contribution in [0.1, 0.15) is 12.5 Å². The zero-order valence-electron chi connectivity index (χ0n) is 16.5. The van der Waals surface area contributed by atoms with Crippen LogP contribution in [0.15, 0.2) is 66.7 Å². The molecule has 0 bridgehead atoms. The molecule has 0 unspecified atom stereocenters. The summed E-state index contributed by atoms with van der Waals surface area (Å²) in [5.41, 5.74) is 5.50. The highest BCUT2D eigenvalue weighted by atomic mass is 16.7. The summed E-state index contributed by atoms with van der Waals surface area (Å²) < 4.78 is 10.7. The SMILES string of the molecule is CCc1ccc(-c2[nH]c3ccccc3c2NC(=O)Nc2ccc3c(c2)OCO3)cc1. The first-order valence-corrected chi connectivity index (χ1v) is 9.89. The van der Waals surface area contributed by atoms with Crippen molar-refractivity contribution in [2.24, 2.45) is 0 Å². The number of benzene rings is 3. The normalized spacial score (nSPS) is 12.2. The Balaban J connectivity index is 1.46. The minimum atomic E-state index is -0.329. The van der Waals surface area contributed by atoms with E-state index in [1.54, 1.807) is 18.2 Å². The number of carbonyl (C=O) groups excluding carboxylic acids is 1. The van der Waals surface area contributed by atoms with Crippen molar-refractivity contribution in [3.05, 3.63) is 72.3 Å². The highest BCUT2D eigenvalue weighted by Crippen LogP contribution is 2.36. The third-order valence-electron chi connectivity index (χ3n) is 5.23. The van der Waals surface area contributed by atoms with Crippen molar-refractivity contribution >= 4 is 28.3 Å². The molecule has 3 aromatic carbocycles. The molecule has 0 saturated carbocycles. The van der Waals surface area contributed by atoms with Gasteiger partial charge < -0.3 is 25.1 Å². The number of anilines is 2. The lowest BCUT2D eigenvalue weighted by Gasteiger charge is -2.10. The topological polar surface area (TPSA) is 75.4 Å². The van der Waals surface area contributed by atoms with Gasteiger partial charge in [-0.3, -0.25) is 0 Å². The van der Waals surface area contributed by atoms with Gasteiger partial charge >= 0.3 is 6.03 Å². The average Bonchev–Trinajstić information content (AvgIpc) is 3.38. The van der Waals surface area contributed by atoms with Gasteiger partial charge in [-0.1, -0.05) is 49.4 Å². The molecule has 5 rings (SSSR count). The van der Waals surface area contributed by atoms with E-state index in [1.165, 1.54) is 5.56 Å². The zero-order chi connectivity index (χ0) is 20.5. The Hall–Kier alpha value is -3.93. The van der Waals surface area contributed by atoms with Crippen LogP contribution in [0.4, 0.5) is 16.2 Å². The lowest BCUT2D eigenvalue weighted by atomic mass is 10.1. The number of aromatic amines is 1. The van der Waals surface area contributed by atoms with Gasteiger partial charge in [0.15, 0.2) is 11.5 Å². The summed E-state index contributed by atoms with van der Waals surface area (Å²) in [6.07, 6.45) is 0.982. The lowest BCUT2D eigenvalue weighted by molar-refractivity contribution is 0.174. The number of aryl methyl sites for hydroxylation is 1. The van der Waals surface area contributed by atoms with Crippen LogP contribution in [0, 0.1) is 0 Å². The maximum Gasteiger partial charge on any atom is 0.323 e. The van der Waals surface area contributed by atoms with E-state index in [4.69, 9.17) is 9.47 Å². The Morgan fingerprint density at radius 3 is 2.60 bits per heavy atom. The van der Waals surface area contributed by atoms with Crippen LogP contribution in [-0.4, -0.2) is 17.8 Å². The molecule has 30 heavy (non-hydrogen) atoms. The second-order valence-electron chi connectivity index (χ2n) is 7.12. The summed E-state index contributed by atoms with van der Waals surface area (Å²) in [6.45, 7) is 2.33. The van der Waals surface area contributed by atoms with Crippen LogP contribution in [0.3, 0.4) is 0 Å². The third-order valence-corrected chi connectivity index (χ3v) is 5.23. The summed E-state index contributed by atoms with van der Waals surface area (Å²) in [5, 5.41) is 6.85. The summed E-state index contributed by atoms with van der Waals surface area (Å²) in [7, 11) is 0. The molecular weight excluding hydrogens is 378 g/mol. The van der Waals surface area contributed by atoms with Crippen LogP contribution in [-0.2, 0) is 6.42 Å². The number of hydrogen-bond acceptors (Lipinski definition) is 3. The zero-order valence-corrected chi connectivity index (χ0v) is 16.5. The van der Waals surface area contributed by atoms with Crippen molar-refractivity contribution < 1.29 is 14.3 Å². The minimum Gasteiger partial charge on any atom is -0.454 e. The number of H-pyrrole nitrogens is 1. The highest BCUT2D eigenvalue weighted by molar-refractivity contribution is 6.10. The number of hydrogen-bond donors (Lipinski definition) is 3. The summed E-state index contributed by atoms with van der Waals surface area (Å²) in [5.74, 6) is 1.30. The third kappa shape index (κ3) is 3.33. The van der Waals surface area contributed by atoms with Crippen LogP contribution in [0.25, 0.3) is 22.2 Å². The van der Waals surface area contributed by atoms with Crippen molar-refractivity contribution in [2.45, 2.75) is 13.3 Å². The molecule has 0 radical (unpaired) electrons. The van der Waals surface area contributed by atoms with Gasteiger partial charge in [0.05, 0.1) is 11.4 Å². The standard InChI is InChI=1S/C24H21N3O3/c1-2-15-7-9-16(10-8-15)22-23(18-5-3-4-6-19(18)26-22)27-24(28)25-17-11-12-20-21(13-17)30-14-29-20/h3-13,26H,2,14H2,1H3,(H2,25,27,28). The van der Waals surface area contributed by atoms with Crippen LogP contribution in [0.2, 0.25) is 0 Å². The molecule has 1 aliphatic rings. The number of fused-ring (bicyclic) bond motifs is 2. The van der Waals surface area contributed by atoms with Crippen molar-refractivity contribution in [2.75, 3.05) is 17.4 Å². The second kappa shape index (κ2) is 7.48. The molecule has 2 amide bonds. The predicted octanol–water partition coefficient (Wildman–Crippen LogP) is 5.77. The van der Waals surface area contributed by atoms with E-state index in [9.17, 15) is 4.79 Å². The van der Waals surface area contributed by atoms with Gasteiger partial charge in [-0.25, -0.2) is 4.79 Å². The van der Waals surface area contributed by atoms with Gasteiger partial charge in [-0.15, -0.1) is 0 Å². The first-order chi connectivity index (χ1) is 14.7. The van der Waals surface area contributed by atoms with Crippen LogP contribution < -0.4 is 20.1 Å². The van der Waals surface area contributed by atoms with E-state index in [0.29, 0.717) is 17.2 Å². The molecule has 4 aromatic rings. The van der Waals surface area contributed by atoms with Gasteiger partial charge in [0.1, 0.15) is 0 Å². The Morgan fingerprint density at radius 1 is 0.967 bits per heavy atom. The molecule has 0 atom stereocenters. The largest absolute Gasteiger partial charge is 0.454 e. The Labute approximate surface area is 173 Å². The number of urea groups is 1. The first-order valence-electron chi connectivity index (χ1n) is 9.89. The van der Waals surface area contributed by atoms with Crippen molar-refractivity contribution in [3.63, 3.8) is 0 Å². The maximum atomic E-state index is 12.8. The Kier molecular flexibility index (Phi) is 4.52. The number of ether oxygens (including phenoxy) is 2. The average molecular weight is 399 g/mol. The molecule has 0 aliphatic carbocycles. The first kappa shape index (κ1) is 18.1. The van der Waals surface area contributed by atoms with Gasteiger partial charge in [0, 0.05) is 28.2 Å². The molecule has 0 saturated heterocycles. The van der Waals surface area contributed by atoms with Gasteiger partial charge in [0.2, 0.25) is 6.79 Å². The van der Waals surface area contributed by atoms with Crippen LogP contribution in [0.5, 0.6) is 11.5 Å². The summed E-state index contributed by atoms with van der Waals surface area (Å²) >= 11 is 0. The number of rotatable bonds is 4. The molecule has 6 nitrogen and oxygen atoms in total. The molecule has 3 N–H and O–H groups in total. The van der Waals surface area contributed by atoms with Crippen molar-refractivity contribution in [1.82, 2.24) is 4.98 Å². The number of amides is 2. The molecule has 1 aliphatic heterocycles. The molecule has 6 heteroatoms. The van der Waals surface area contributed by atoms with E-state index in [0.717, 1.165) is 34.3 Å². The number of nitrogens with one attached hydrogen (secondary N) is 3. The Morgan fingerprint density at radius 2 is 1.77 bits per heavy atom. The van der Waals surface area contributed by atoms with E-state index >= 15 is 0 Å². The smallest absolute Gasteiger partial charge is 0.323 e. The molecule has 0 fully saturated rings. The van der Waals surface area contributed by atoms with E-state index in [1.807, 2.05) is 24.3 Å². The van der Waals surface area contributed by atoms with Gasteiger partial charge in [-0.05, 0) is 30.2 Å². The fraction of sp³-hybridized carbons (Fsp3) is 0.125. The quantitative estimate of drug-likeness (QED) is 0.408. The molecular formula is C24H21N3O3. The molecule has 150 valence electrons. The summed E-state index contributed by atoms with van der Waals surface area (Å²) in [6, 6.07) is 21.3. The van der Waals surface area contributed by atoms with E-state index < -0.39 is 0 Å². The number of aromatic nitrogens is 1. The fourth-order valence-electron chi connectivity index (χ4n) is 3.65. The lowest BCUT2D eigenvalue weighted by Crippen LogP contribution is -2.19. The predicted molar refractivity (Wildman–Crippen MR) is 118 cm³/mol.